The van der Waals surface area contributed by atoms with Gasteiger partial charge in [0.25, 0.3) is 0 Å². The molecular weight excluding hydrogens is 1820 g/mol. The van der Waals surface area contributed by atoms with Crippen molar-refractivity contribution in [3.8, 4) is 0 Å². The Bertz CT molecular complexity index is 5960. The van der Waals surface area contributed by atoms with Crippen LogP contribution in [0.25, 0.3) is 88.7 Å². The van der Waals surface area contributed by atoms with Crippen molar-refractivity contribution >= 4 is 148 Å². The molecule has 129 heavy (non-hydrogen) atoms. The number of aromatic nitrogens is 8. The molecule has 4 aliphatic rings. The van der Waals surface area contributed by atoms with Crippen molar-refractivity contribution in [2.24, 2.45) is 0 Å². The van der Waals surface area contributed by atoms with E-state index in [9.17, 15) is 38.4 Å². The van der Waals surface area contributed by atoms with Crippen LogP contribution in [-0.2, 0) is 146 Å². The standard InChI is InChI=1S/2C50H59N6O7.CH4.2Pd/c1-8-61-48(58)20-16-36-30(5)40-25-43-35(15-19-47(57)52-24-23-33-11-13-34(51)14-12-33)29(4)39(53-43)26-44-37(17-21-49(59)62-9-2)31(6)41(55-44)28-46-38(18-22-50(60)63-10-3)32(7)42(56-46)27-45(36)54-40;1-8-61-48(58)20-16-36-30(5)41-26-42-32(7)38(18-22-50(60)63-10-3)46(56-42)28-45-37(17-21-49(59)62-9-2)31(6)40(55-45)25-39-29(4)35(43(53-39)27-44(36)54-41)15-19-47(57)52-24-23-33-11-13-34(51)14-12-33;;;/h2*11-14,25-28H,8-10,15-24,51H2,1-7H3,(H2-,52,53,54,55,56,57);1H4;;/q2*-1;;2*+2/p-2. The average molecular weight is 1940 g/mol. The van der Waals surface area contributed by atoms with Gasteiger partial charge in [0, 0.05) is 75.8 Å². The van der Waals surface area contributed by atoms with E-state index in [-0.39, 0.29) is 187 Å². The molecule has 12 rings (SSSR count). The molecule has 26 nitrogen and oxygen atoms in total. The molecule has 688 valence electrons. The summed E-state index contributed by atoms with van der Waals surface area (Å²) in [5.41, 5.74) is 40.4. The monoisotopic (exact) mass is 1940 g/mol. The van der Waals surface area contributed by atoms with E-state index >= 15 is 0 Å². The van der Waals surface area contributed by atoms with Crippen LogP contribution in [0.4, 0.5) is 11.4 Å². The second kappa shape index (κ2) is 48.7. The summed E-state index contributed by atoms with van der Waals surface area (Å²) in [5.74, 6) is -1.93. The number of nitrogens with zero attached hydrogens (tertiary/aromatic N) is 8. The number of esters is 6. The first-order chi connectivity index (χ1) is 60.6. The molecule has 6 aromatic heterocycles. The second-order valence-corrected chi connectivity index (χ2v) is 31.6. The Labute approximate surface area is 783 Å². The summed E-state index contributed by atoms with van der Waals surface area (Å²) >= 11 is 0. The zero-order valence-corrected chi connectivity index (χ0v) is 78.8. The van der Waals surface area contributed by atoms with Crippen molar-refractivity contribution in [1.29, 1.82) is 0 Å². The number of nitrogens with two attached hydrogens (primary N) is 2. The van der Waals surface area contributed by atoms with Crippen LogP contribution in [0.3, 0.4) is 0 Å². The van der Waals surface area contributed by atoms with Gasteiger partial charge < -0.3 is 70.5 Å². The summed E-state index contributed by atoms with van der Waals surface area (Å²) < 4.78 is 31.8. The number of nitrogen functional groups attached to an aromatic ring is 2. The molecule has 2 amide bonds. The number of amides is 2. The van der Waals surface area contributed by atoms with Gasteiger partial charge in [-0.1, -0.05) is 125 Å². The molecule has 0 spiro atoms. The Balaban J connectivity index is 0.000000311. The Morgan fingerprint density at radius 2 is 0.488 bits per heavy atom. The van der Waals surface area contributed by atoms with Gasteiger partial charge >= 0.3 is 76.7 Å². The van der Waals surface area contributed by atoms with Gasteiger partial charge in [-0.15, -0.1) is 44.1 Å². The normalized spacial score (nSPS) is 12.1. The van der Waals surface area contributed by atoms with Crippen LogP contribution in [0.1, 0.15) is 255 Å². The molecule has 0 aliphatic carbocycles. The molecule has 8 aromatic rings. The number of anilines is 2. The number of hydrogen-bond donors (Lipinski definition) is 4. The van der Waals surface area contributed by atoms with Crippen molar-refractivity contribution in [3.05, 3.63) is 198 Å². The smallest absolute Gasteiger partial charge is 0.657 e. The number of fused-ring (bicyclic) bond motifs is 16. The first-order valence-corrected chi connectivity index (χ1v) is 43.8. The molecule has 10 heterocycles. The number of allylic oxidation sites excluding steroid dienone is 8. The third-order valence-corrected chi connectivity index (χ3v) is 23.2. The van der Waals surface area contributed by atoms with Gasteiger partial charge in [0.2, 0.25) is 11.8 Å². The summed E-state index contributed by atoms with van der Waals surface area (Å²) in [6.45, 7) is 29.4. The Morgan fingerprint density at radius 3 is 0.721 bits per heavy atom. The van der Waals surface area contributed by atoms with Gasteiger partial charge in [0.05, 0.1) is 85.2 Å². The van der Waals surface area contributed by atoms with Crippen molar-refractivity contribution in [1.82, 2.24) is 50.5 Å². The number of benzene rings is 2. The summed E-state index contributed by atoms with van der Waals surface area (Å²) in [6.07, 6.45) is 6.11. The summed E-state index contributed by atoms with van der Waals surface area (Å²) in [7, 11) is 0. The quantitative estimate of drug-likeness (QED) is 0.0123. The first kappa shape index (κ1) is 103. The van der Waals surface area contributed by atoms with Crippen LogP contribution >= 0.6 is 0 Å². The summed E-state index contributed by atoms with van der Waals surface area (Å²) in [5, 5.41) is 6.13. The molecule has 4 aliphatic heterocycles. The van der Waals surface area contributed by atoms with E-state index in [0.29, 0.717) is 178 Å². The molecule has 28 heteroatoms. The van der Waals surface area contributed by atoms with E-state index in [2.05, 4.69) is 10.6 Å². The predicted octanol–water partition coefficient (Wildman–Crippen LogP) is 16.8. The maximum Gasteiger partial charge on any atom is 2.00 e. The van der Waals surface area contributed by atoms with Crippen molar-refractivity contribution in [2.75, 3.05) is 64.2 Å². The van der Waals surface area contributed by atoms with Crippen molar-refractivity contribution in [3.63, 3.8) is 0 Å². The molecule has 0 atom stereocenters. The molecule has 0 radical (unpaired) electrons. The van der Waals surface area contributed by atoms with E-state index in [1.54, 1.807) is 41.5 Å². The molecule has 16 bridgehead atoms. The van der Waals surface area contributed by atoms with Crippen molar-refractivity contribution in [2.45, 2.75) is 220 Å². The maximum absolute atomic E-state index is 13.3. The largest absolute Gasteiger partial charge is 2.00 e. The summed E-state index contributed by atoms with van der Waals surface area (Å²) in [4.78, 5) is 144. The number of ether oxygens (including phenoxy) is 6. The van der Waals surface area contributed by atoms with Gasteiger partial charge in [-0.3, -0.25) is 38.4 Å². The number of aryl methyl sites for hydroxylation is 8. The van der Waals surface area contributed by atoms with E-state index in [1.807, 2.05) is 152 Å². The minimum atomic E-state index is -0.298. The zero-order valence-electron chi connectivity index (χ0n) is 75.7. The topological polar surface area (TPSA) is 376 Å². The van der Waals surface area contributed by atoms with Crippen LogP contribution in [0.5, 0.6) is 0 Å². The van der Waals surface area contributed by atoms with Crippen LogP contribution < -0.4 is 42.0 Å². The average Bonchev–Trinajstić information content (AvgIpc) is 1.62. The Hall–Kier alpha value is -11.7. The first-order valence-electron chi connectivity index (χ1n) is 43.8. The van der Waals surface area contributed by atoms with Gasteiger partial charge in [-0.2, -0.15) is 0 Å². The molecule has 0 saturated heterocycles. The number of rotatable bonds is 36. The fourth-order valence-corrected chi connectivity index (χ4v) is 16.1. The molecule has 6 N–H and O–H groups in total. The molecule has 0 fully saturated rings. The van der Waals surface area contributed by atoms with Gasteiger partial charge in [-0.05, 0) is 241 Å². The van der Waals surface area contributed by atoms with Crippen LogP contribution in [0, 0.1) is 27.7 Å². The van der Waals surface area contributed by atoms with Gasteiger partial charge in [0.15, 0.2) is 0 Å². The number of carbonyl (C=O) groups is 8. The Morgan fingerprint density at radius 1 is 0.287 bits per heavy atom. The van der Waals surface area contributed by atoms with E-state index in [0.717, 1.165) is 100 Å². The van der Waals surface area contributed by atoms with Gasteiger partial charge in [-0.25, -0.2) is 19.9 Å². The van der Waals surface area contributed by atoms with Crippen LogP contribution in [0.2, 0.25) is 0 Å². The fraction of sp³-hybridized carbons (Fsp3) is 0.406. The third-order valence-electron chi connectivity index (χ3n) is 23.2. The zero-order chi connectivity index (χ0) is 90.4. The fourth-order valence-electron chi connectivity index (χ4n) is 16.1. The molecule has 0 saturated carbocycles. The molecule has 2 aromatic carbocycles. The van der Waals surface area contributed by atoms with E-state index < -0.39 is 0 Å². The maximum atomic E-state index is 13.3. The number of nitrogens with one attached hydrogen (secondary N) is 2. The Kier molecular flexibility index (Phi) is 38.7. The van der Waals surface area contributed by atoms with E-state index in [4.69, 9.17) is 79.8 Å². The second-order valence-electron chi connectivity index (χ2n) is 31.6. The minimum Gasteiger partial charge on any atom is -0.657 e. The van der Waals surface area contributed by atoms with Crippen LogP contribution in [-0.4, -0.2) is 120 Å². The molecular formula is C101H120N12O14Pd2. The SMILES string of the molecule is C.CCOC(=O)CCC1=C(C)c2cc3[n-]c(cc4nc(cc5[n-]c(cc1n2)c(C)c5CCC(=O)OCC)C(C)=C4CCC(=O)NCCc1ccc(N)cc1)c(C)c3CCC(=O)OCC.CCOC(=O)CCC1=C(C)c2cc3[n-]c(cc4nc(cc5[n-]c(cc1n2)c(CCC(=O)OCC)c5C)C(C)=C4CCC(=O)NCCc1ccc(N)cc1)c(CCC(=O)OCC)c3C.[Pd+2].[Pd+2]. The number of hydrogen-bond acceptors (Lipinski definition) is 20. The van der Waals surface area contributed by atoms with Gasteiger partial charge in [0.1, 0.15) is 0 Å². The third kappa shape index (κ3) is 26.8. The number of carbonyl (C=O) groups excluding carboxylic acids is 8. The predicted molar refractivity (Wildman–Crippen MR) is 499 cm³/mol. The minimum absolute atomic E-state index is 0. The molecule has 0 unspecified atom stereocenters. The van der Waals surface area contributed by atoms with E-state index in [1.165, 1.54) is 0 Å². The summed E-state index contributed by atoms with van der Waals surface area (Å²) in [6, 6.07) is 30.8. The van der Waals surface area contributed by atoms with Crippen molar-refractivity contribution < 1.29 is 108 Å². The van der Waals surface area contributed by atoms with Crippen LogP contribution in [0.15, 0.2) is 97.1 Å².